The average molecular weight is 419 g/mol. The lowest BCUT2D eigenvalue weighted by Gasteiger charge is -2.34. The fourth-order valence-corrected chi connectivity index (χ4v) is 5.14. The third-order valence-corrected chi connectivity index (χ3v) is 7.17. The van der Waals surface area contributed by atoms with E-state index in [-0.39, 0.29) is 19.0 Å². The van der Waals surface area contributed by atoms with Crippen molar-refractivity contribution in [2.24, 2.45) is 0 Å². The van der Waals surface area contributed by atoms with Crippen LogP contribution in [0.15, 0.2) is 41.3 Å². The van der Waals surface area contributed by atoms with Gasteiger partial charge in [-0.1, -0.05) is 17.7 Å². The smallest absolute Gasteiger partial charge is 0.257 e. The van der Waals surface area contributed by atoms with Gasteiger partial charge in [-0.05, 0) is 43.7 Å². The standard InChI is InChI=1S/C21H26N2O5S/c1-15-5-8-20(16(2)13-15)29(25,26)23-11-9-22(10-12-23)21(24)18-14-17(27-3)6-7-19(18)28-4/h5-8,13-14H,9-12H2,1-4H3. The highest BCUT2D eigenvalue weighted by molar-refractivity contribution is 7.89. The predicted octanol–water partition coefficient (Wildman–Crippen LogP) is 2.47. The molecular weight excluding hydrogens is 392 g/mol. The van der Waals surface area contributed by atoms with E-state index in [1.54, 1.807) is 42.2 Å². The third-order valence-electron chi connectivity index (χ3n) is 5.11. The van der Waals surface area contributed by atoms with Gasteiger partial charge in [0.05, 0.1) is 24.7 Å². The van der Waals surface area contributed by atoms with Gasteiger partial charge in [-0.15, -0.1) is 0 Å². The number of carbonyl (C=O) groups excluding carboxylic acids is 1. The number of amides is 1. The zero-order chi connectivity index (χ0) is 21.2. The fourth-order valence-electron chi connectivity index (χ4n) is 3.51. The van der Waals surface area contributed by atoms with Gasteiger partial charge in [0.25, 0.3) is 5.91 Å². The molecule has 29 heavy (non-hydrogen) atoms. The van der Waals surface area contributed by atoms with Crippen LogP contribution in [0.3, 0.4) is 0 Å². The summed E-state index contributed by atoms with van der Waals surface area (Å²) < 4.78 is 38.0. The van der Waals surface area contributed by atoms with Crippen molar-refractivity contribution >= 4 is 15.9 Å². The molecule has 156 valence electrons. The van der Waals surface area contributed by atoms with Crippen molar-refractivity contribution in [2.75, 3.05) is 40.4 Å². The van der Waals surface area contributed by atoms with Gasteiger partial charge in [0.15, 0.2) is 0 Å². The van der Waals surface area contributed by atoms with E-state index in [0.717, 1.165) is 11.1 Å². The summed E-state index contributed by atoms with van der Waals surface area (Å²) in [6.45, 7) is 4.84. The molecule has 0 N–H and O–H groups in total. The van der Waals surface area contributed by atoms with Crippen LogP contribution in [0.25, 0.3) is 0 Å². The van der Waals surface area contributed by atoms with Crippen molar-refractivity contribution in [3.63, 3.8) is 0 Å². The quantitative estimate of drug-likeness (QED) is 0.746. The SMILES string of the molecule is COc1ccc(OC)c(C(=O)N2CCN(S(=O)(=O)c3ccc(C)cc3C)CC2)c1. The first kappa shape index (κ1) is 21.1. The summed E-state index contributed by atoms with van der Waals surface area (Å²) in [7, 11) is -0.555. The highest BCUT2D eigenvalue weighted by atomic mass is 32.2. The molecule has 0 bridgehead atoms. The number of rotatable bonds is 5. The lowest BCUT2D eigenvalue weighted by atomic mass is 10.1. The van der Waals surface area contributed by atoms with Crippen molar-refractivity contribution in [1.29, 1.82) is 0 Å². The molecule has 3 rings (SSSR count). The zero-order valence-electron chi connectivity index (χ0n) is 17.1. The molecule has 2 aromatic carbocycles. The van der Waals surface area contributed by atoms with Gasteiger partial charge in [0.2, 0.25) is 10.0 Å². The molecule has 7 nitrogen and oxygen atoms in total. The lowest BCUT2D eigenvalue weighted by Crippen LogP contribution is -2.50. The maximum Gasteiger partial charge on any atom is 0.257 e. The summed E-state index contributed by atoms with van der Waals surface area (Å²) in [4.78, 5) is 14.9. The summed E-state index contributed by atoms with van der Waals surface area (Å²) >= 11 is 0. The maximum absolute atomic E-state index is 13.0. The van der Waals surface area contributed by atoms with E-state index < -0.39 is 10.0 Å². The first-order chi connectivity index (χ1) is 13.8. The van der Waals surface area contributed by atoms with E-state index in [4.69, 9.17) is 9.47 Å². The second-order valence-corrected chi connectivity index (χ2v) is 8.94. The van der Waals surface area contributed by atoms with Gasteiger partial charge in [0, 0.05) is 26.2 Å². The minimum absolute atomic E-state index is 0.204. The van der Waals surface area contributed by atoms with Crippen molar-refractivity contribution < 1.29 is 22.7 Å². The molecule has 0 aromatic heterocycles. The van der Waals surface area contributed by atoms with Crippen LogP contribution in [0.2, 0.25) is 0 Å². The highest BCUT2D eigenvalue weighted by Gasteiger charge is 2.32. The molecule has 0 saturated carbocycles. The molecule has 1 amide bonds. The molecule has 2 aromatic rings. The van der Waals surface area contributed by atoms with Crippen LogP contribution in [-0.2, 0) is 10.0 Å². The predicted molar refractivity (Wildman–Crippen MR) is 110 cm³/mol. The number of hydrogen-bond donors (Lipinski definition) is 0. The second kappa shape index (κ2) is 8.42. The topological polar surface area (TPSA) is 76.2 Å². The third kappa shape index (κ3) is 4.23. The summed E-state index contributed by atoms with van der Waals surface area (Å²) in [5.41, 5.74) is 2.14. The van der Waals surface area contributed by atoms with E-state index >= 15 is 0 Å². The molecule has 0 spiro atoms. The van der Waals surface area contributed by atoms with Gasteiger partial charge in [-0.3, -0.25) is 4.79 Å². The van der Waals surface area contributed by atoms with Crippen LogP contribution in [-0.4, -0.2) is 63.9 Å². The van der Waals surface area contributed by atoms with Crippen LogP contribution < -0.4 is 9.47 Å². The molecule has 1 heterocycles. The maximum atomic E-state index is 13.0. The van der Waals surface area contributed by atoms with Crippen LogP contribution in [0.5, 0.6) is 11.5 Å². The fraction of sp³-hybridized carbons (Fsp3) is 0.381. The van der Waals surface area contributed by atoms with Crippen LogP contribution >= 0.6 is 0 Å². The average Bonchev–Trinajstić information content (AvgIpc) is 2.72. The van der Waals surface area contributed by atoms with E-state index in [2.05, 4.69) is 0 Å². The van der Waals surface area contributed by atoms with Crippen molar-refractivity contribution in [3.05, 3.63) is 53.1 Å². The Morgan fingerprint density at radius 2 is 1.62 bits per heavy atom. The second-order valence-electron chi connectivity index (χ2n) is 7.03. The van der Waals surface area contributed by atoms with Gasteiger partial charge in [0.1, 0.15) is 11.5 Å². The van der Waals surface area contributed by atoms with Gasteiger partial charge >= 0.3 is 0 Å². The molecule has 1 fully saturated rings. The Balaban J connectivity index is 1.76. The Kier molecular flexibility index (Phi) is 6.14. The monoisotopic (exact) mass is 418 g/mol. The Hall–Kier alpha value is -2.58. The number of carbonyl (C=O) groups is 1. The molecule has 0 aliphatic carbocycles. The molecule has 0 unspecified atom stereocenters. The van der Waals surface area contributed by atoms with Crippen LogP contribution in [0, 0.1) is 13.8 Å². The summed E-state index contributed by atoms with van der Waals surface area (Å²) in [6, 6.07) is 10.4. The minimum Gasteiger partial charge on any atom is -0.497 e. The first-order valence-electron chi connectivity index (χ1n) is 9.36. The summed E-state index contributed by atoms with van der Waals surface area (Å²) in [6.07, 6.45) is 0. The molecule has 1 aliphatic rings. The molecule has 0 radical (unpaired) electrons. The Bertz CT molecular complexity index is 1010. The first-order valence-corrected chi connectivity index (χ1v) is 10.8. The number of piperazine rings is 1. The molecule has 1 saturated heterocycles. The van der Waals surface area contributed by atoms with Gasteiger partial charge in [-0.2, -0.15) is 4.31 Å². The number of nitrogens with zero attached hydrogens (tertiary/aromatic N) is 2. The minimum atomic E-state index is -3.60. The molecular formula is C21H26N2O5S. The van der Waals surface area contributed by atoms with E-state index in [1.165, 1.54) is 18.5 Å². The number of aryl methyl sites for hydroxylation is 2. The largest absolute Gasteiger partial charge is 0.497 e. The molecule has 0 atom stereocenters. The van der Waals surface area contributed by atoms with Gasteiger partial charge in [-0.25, -0.2) is 8.42 Å². The van der Waals surface area contributed by atoms with E-state index in [1.807, 2.05) is 13.0 Å². The number of ether oxygens (including phenoxy) is 2. The summed E-state index contributed by atoms with van der Waals surface area (Å²) in [5.74, 6) is 0.815. The Morgan fingerprint density at radius 1 is 0.931 bits per heavy atom. The normalized spacial score (nSPS) is 15.2. The highest BCUT2D eigenvalue weighted by Crippen LogP contribution is 2.27. The van der Waals surface area contributed by atoms with Crippen molar-refractivity contribution in [1.82, 2.24) is 9.21 Å². The van der Waals surface area contributed by atoms with Crippen LogP contribution in [0.1, 0.15) is 21.5 Å². The zero-order valence-corrected chi connectivity index (χ0v) is 18.0. The number of benzene rings is 2. The number of sulfonamides is 1. The number of methoxy groups -OCH3 is 2. The number of hydrogen-bond acceptors (Lipinski definition) is 5. The van der Waals surface area contributed by atoms with E-state index in [0.29, 0.717) is 35.0 Å². The molecule has 1 aliphatic heterocycles. The van der Waals surface area contributed by atoms with Crippen molar-refractivity contribution in [2.45, 2.75) is 18.7 Å². The Labute approximate surface area is 171 Å². The van der Waals surface area contributed by atoms with E-state index in [9.17, 15) is 13.2 Å². The van der Waals surface area contributed by atoms with Gasteiger partial charge < -0.3 is 14.4 Å². The molecule has 8 heteroatoms. The summed E-state index contributed by atoms with van der Waals surface area (Å²) in [5, 5.41) is 0. The van der Waals surface area contributed by atoms with Crippen molar-refractivity contribution in [3.8, 4) is 11.5 Å². The lowest BCUT2D eigenvalue weighted by molar-refractivity contribution is 0.0694. The van der Waals surface area contributed by atoms with Crippen LogP contribution in [0.4, 0.5) is 0 Å². The Morgan fingerprint density at radius 3 is 2.21 bits per heavy atom.